The number of rotatable bonds is 5. The maximum Gasteiger partial charge on any atom is 0.221 e. The van der Waals surface area contributed by atoms with Gasteiger partial charge in [-0.1, -0.05) is 6.07 Å². The molecule has 0 aromatic carbocycles. The van der Waals surface area contributed by atoms with Gasteiger partial charge in [-0.25, -0.2) is 0 Å². The average Bonchev–Trinajstić information content (AvgIpc) is 2.56. The van der Waals surface area contributed by atoms with Gasteiger partial charge in [0, 0.05) is 30.3 Å². The van der Waals surface area contributed by atoms with Gasteiger partial charge in [0.2, 0.25) is 5.91 Å². The monoisotopic (exact) mass is 212 g/mol. The molecule has 0 saturated heterocycles. The number of amides is 1. The van der Waals surface area contributed by atoms with Crippen LogP contribution in [0.4, 0.5) is 0 Å². The van der Waals surface area contributed by atoms with Crippen molar-refractivity contribution >= 4 is 17.2 Å². The van der Waals surface area contributed by atoms with E-state index in [-0.39, 0.29) is 11.9 Å². The van der Waals surface area contributed by atoms with Gasteiger partial charge in [0.1, 0.15) is 0 Å². The fourth-order valence-corrected chi connectivity index (χ4v) is 2.09. The Morgan fingerprint density at radius 3 is 3.07 bits per heavy atom. The topological polar surface area (TPSA) is 55.1 Å². The SMILES string of the molecule is CC(Cc1cccs1)NC(=O)CCN. The number of thiophene rings is 1. The number of carbonyl (C=O) groups is 1. The standard InChI is InChI=1S/C10H16N2OS/c1-8(12-10(13)4-5-11)7-9-3-2-6-14-9/h2-3,6,8H,4-5,7,11H2,1H3,(H,12,13). The first-order valence-corrected chi connectivity index (χ1v) is 5.62. The third-order valence-corrected chi connectivity index (χ3v) is 2.76. The van der Waals surface area contributed by atoms with Crippen LogP contribution in [-0.4, -0.2) is 18.5 Å². The van der Waals surface area contributed by atoms with Crippen LogP contribution in [-0.2, 0) is 11.2 Å². The Hall–Kier alpha value is -0.870. The molecule has 3 N–H and O–H groups in total. The van der Waals surface area contributed by atoms with Crippen molar-refractivity contribution in [2.75, 3.05) is 6.54 Å². The van der Waals surface area contributed by atoms with Crippen molar-refractivity contribution in [3.63, 3.8) is 0 Å². The molecule has 0 saturated carbocycles. The van der Waals surface area contributed by atoms with Gasteiger partial charge in [0.25, 0.3) is 0 Å². The number of carbonyl (C=O) groups excluding carboxylic acids is 1. The number of hydrogen-bond acceptors (Lipinski definition) is 3. The maximum atomic E-state index is 11.2. The molecule has 0 bridgehead atoms. The Balaban J connectivity index is 2.29. The zero-order valence-corrected chi connectivity index (χ0v) is 9.14. The van der Waals surface area contributed by atoms with Crippen LogP contribution in [0.3, 0.4) is 0 Å². The summed E-state index contributed by atoms with van der Waals surface area (Å²) in [5.74, 6) is 0.0385. The quantitative estimate of drug-likeness (QED) is 0.769. The van der Waals surface area contributed by atoms with E-state index in [0.29, 0.717) is 13.0 Å². The molecule has 78 valence electrons. The first-order valence-electron chi connectivity index (χ1n) is 4.74. The highest BCUT2D eigenvalue weighted by molar-refractivity contribution is 7.09. The molecule has 0 aliphatic heterocycles. The molecule has 1 atom stereocenters. The fourth-order valence-electron chi connectivity index (χ4n) is 1.26. The van der Waals surface area contributed by atoms with E-state index >= 15 is 0 Å². The van der Waals surface area contributed by atoms with Gasteiger partial charge in [-0.05, 0) is 18.4 Å². The van der Waals surface area contributed by atoms with Crippen LogP contribution in [0.25, 0.3) is 0 Å². The molecule has 0 spiro atoms. The van der Waals surface area contributed by atoms with E-state index in [1.54, 1.807) is 11.3 Å². The molecule has 1 aromatic rings. The lowest BCUT2D eigenvalue weighted by molar-refractivity contribution is -0.121. The van der Waals surface area contributed by atoms with Crippen LogP contribution in [0.5, 0.6) is 0 Å². The Labute approximate surface area is 88.3 Å². The Bertz CT molecular complexity index is 272. The number of nitrogens with two attached hydrogens (primary N) is 1. The van der Waals surface area contributed by atoms with Gasteiger partial charge in [0.05, 0.1) is 0 Å². The van der Waals surface area contributed by atoms with Crippen LogP contribution >= 0.6 is 11.3 Å². The summed E-state index contributed by atoms with van der Waals surface area (Å²) in [4.78, 5) is 12.5. The highest BCUT2D eigenvalue weighted by Crippen LogP contribution is 2.10. The second kappa shape index (κ2) is 5.78. The molecule has 4 heteroatoms. The molecule has 0 aliphatic carbocycles. The number of nitrogens with one attached hydrogen (secondary N) is 1. The third kappa shape index (κ3) is 3.89. The summed E-state index contributed by atoms with van der Waals surface area (Å²) in [5, 5.41) is 4.95. The minimum absolute atomic E-state index is 0.0385. The van der Waals surface area contributed by atoms with E-state index in [9.17, 15) is 4.79 Å². The second-order valence-corrected chi connectivity index (χ2v) is 4.32. The van der Waals surface area contributed by atoms with E-state index in [4.69, 9.17) is 5.73 Å². The largest absolute Gasteiger partial charge is 0.353 e. The van der Waals surface area contributed by atoms with Crippen molar-refractivity contribution in [1.29, 1.82) is 0 Å². The Morgan fingerprint density at radius 1 is 1.71 bits per heavy atom. The van der Waals surface area contributed by atoms with Crippen LogP contribution in [0.1, 0.15) is 18.2 Å². The fraction of sp³-hybridized carbons (Fsp3) is 0.500. The third-order valence-electron chi connectivity index (χ3n) is 1.87. The van der Waals surface area contributed by atoms with E-state index < -0.39 is 0 Å². The van der Waals surface area contributed by atoms with Gasteiger partial charge >= 0.3 is 0 Å². The van der Waals surface area contributed by atoms with Crippen molar-refractivity contribution in [3.8, 4) is 0 Å². The molecule has 14 heavy (non-hydrogen) atoms. The van der Waals surface area contributed by atoms with Gasteiger partial charge in [-0.2, -0.15) is 0 Å². The first-order chi connectivity index (χ1) is 6.72. The van der Waals surface area contributed by atoms with E-state index in [0.717, 1.165) is 6.42 Å². The molecule has 1 rings (SSSR count). The Kier molecular flexibility index (Phi) is 4.62. The molecule has 3 nitrogen and oxygen atoms in total. The summed E-state index contributed by atoms with van der Waals surface area (Å²) in [7, 11) is 0. The maximum absolute atomic E-state index is 11.2. The van der Waals surface area contributed by atoms with E-state index in [2.05, 4.69) is 11.4 Å². The zero-order chi connectivity index (χ0) is 10.4. The molecule has 0 fully saturated rings. The summed E-state index contributed by atoms with van der Waals surface area (Å²) in [6, 6.07) is 4.29. The molecule has 0 radical (unpaired) electrons. The molecule has 1 amide bonds. The minimum Gasteiger partial charge on any atom is -0.353 e. The predicted molar refractivity (Wildman–Crippen MR) is 59.3 cm³/mol. The highest BCUT2D eigenvalue weighted by Gasteiger charge is 2.07. The summed E-state index contributed by atoms with van der Waals surface area (Å²) in [6.45, 7) is 2.42. The average molecular weight is 212 g/mol. The molecular weight excluding hydrogens is 196 g/mol. The molecular formula is C10H16N2OS. The van der Waals surface area contributed by atoms with Gasteiger partial charge < -0.3 is 11.1 Å². The number of hydrogen-bond donors (Lipinski definition) is 2. The van der Waals surface area contributed by atoms with Crippen LogP contribution in [0, 0.1) is 0 Å². The summed E-state index contributed by atoms with van der Waals surface area (Å²) in [6.07, 6.45) is 1.31. The minimum atomic E-state index is 0.0385. The molecule has 0 aliphatic rings. The van der Waals surface area contributed by atoms with Crippen molar-refractivity contribution in [2.24, 2.45) is 5.73 Å². The first kappa shape index (κ1) is 11.2. The lowest BCUT2D eigenvalue weighted by Crippen LogP contribution is -2.34. The summed E-state index contributed by atoms with van der Waals surface area (Å²) in [5.41, 5.74) is 5.28. The smallest absolute Gasteiger partial charge is 0.221 e. The van der Waals surface area contributed by atoms with Crippen LogP contribution in [0.2, 0.25) is 0 Å². The normalized spacial score (nSPS) is 12.4. The van der Waals surface area contributed by atoms with Crippen LogP contribution in [0.15, 0.2) is 17.5 Å². The second-order valence-electron chi connectivity index (χ2n) is 3.29. The van der Waals surface area contributed by atoms with Gasteiger partial charge in [0.15, 0.2) is 0 Å². The van der Waals surface area contributed by atoms with Crippen molar-refractivity contribution in [2.45, 2.75) is 25.8 Å². The molecule has 1 heterocycles. The van der Waals surface area contributed by atoms with Crippen molar-refractivity contribution < 1.29 is 4.79 Å². The highest BCUT2D eigenvalue weighted by atomic mass is 32.1. The van der Waals surface area contributed by atoms with E-state index in [1.807, 2.05) is 18.4 Å². The van der Waals surface area contributed by atoms with Gasteiger partial charge in [-0.15, -0.1) is 11.3 Å². The van der Waals surface area contributed by atoms with Gasteiger partial charge in [-0.3, -0.25) is 4.79 Å². The lowest BCUT2D eigenvalue weighted by atomic mass is 10.2. The molecule has 1 unspecified atom stereocenters. The van der Waals surface area contributed by atoms with E-state index in [1.165, 1.54) is 4.88 Å². The van der Waals surface area contributed by atoms with Crippen molar-refractivity contribution in [3.05, 3.63) is 22.4 Å². The summed E-state index contributed by atoms with van der Waals surface area (Å²) < 4.78 is 0. The lowest BCUT2D eigenvalue weighted by Gasteiger charge is -2.12. The molecule has 1 aromatic heterocycles. The Morgan fingerprint density at radius 2 is 2.50 bits per heavy atom. The zero-order valence-electron chi connectivity index (χ0n) is 8.32. The van der Waals surface area contributed by atoms with Crippen molar-refractivity contribution in [1.82, 2.24) is 5.32 Å². The van der Waals surface area contributed by atoms with Crippen LogP contribution < -0.4 is 11.1 Å². The summed E-state index contributed by atoms with van der Waals surface area (Å²) >= 11 is 1.72. The predicted octanol–water partition coefficient (Wildman–Crippen LogP) is 1.14.